The number of carbonyl (C=O) groups is 1. The van der Waals surface area contributed by atoms with Gasteiger partial charge in [-0.05, 0) is 12.1 Å². The lowest BCUT2D eigenvalue weighted by Gasteiger charge is -2.11. The molecule has 0 aromatic carbocycles. The van der Waals surface area contributed by atoms with Gasteiger partial charge in [-0.2, -0.15) is 0 Å². The van der Waals surface area contributed by atoms with Gasteiger partial charge in [-0.15, -0.1) is 11.3 Å². The molecule has 0 aliphatic heterocycles. The van der Waals surface area contributed by atoms with E-state index in [-0.39, 0.29) is 34.8 Å². The molecule has 28 heavy (non-hydrogen) atoms. The Bertz CT molecular complexity index is 1180. The molecule has 2 N–H and O–H groups in total. The lowest BCUT2D eigenvalue weighted by molar-refractivity contribution is 0.102. The number of hydrogen-bond acceptors (Lipinski definition) is 8. The van der Waals surface area contributed by atoms with Gasteiger partial charge in [-0.3, -0.25) is 14.2 Å². The van der Waals surface area contributed by atoms with E-state index in [1.54, 1.807) is 0 Å². The van der Waals surface area contributed by atoms with Crippen LogP contribution in [-0.4, -0.2) is 59.0 Å². The number of anilines is 1. The number of carbonyl (C=O) groups excluding carboxylic acids is 1. The number of amides is 1. The Labute approximate surface area is 164 Å². The molecule has 3 aromatic heterocycles. The summed E-state index contributed by atoms with van der Waals surface area (Å²) in [5, 5.41) is 13.2. The molecule has 0 aliphatic rings. The number of aromatic nitrogens is 3. The molecule has 0 aliphatic carbocycles. The highest BCUT2D eigenvalue weighted by Gasteiger charge is 2.20. The Balaban J connectivity index is 1.90. The van der Waals surface area contributed by atoms with Crippen LogP contribution in [0.5, 0.6) is 0 Å². The van der Waals surface area contributed by atoms with Gasteiger partial charge in [0.1, 0.15) is 4.83 Å². The quantitative estimate of drug-likeness (QED) is 0.584. The zero-order chi connectivity index (χ0) is 20.5. The van der Waals surface area contributed by atoms with E-state index in [0.29, 0.717) is 4.83 Å². The standard InChI is InChI=1S/C16H17N5O5S2/c1-20(2)28(25,26)12-4-3-10(7-17-12)19-14(23)11-8-27-15-13(11)16(24)21(5-6-22)9-18-15/h3-4,7-9,22H,5-6H2,1-2H3,(H,19,23). The fourth-order valence-corrected chi connectivity index (χ4v) is 4.07. The van der Waals surface area contributed by atoms with Gasteiger partial charge >= 0.3 is 0 Å². The van der Waals surface area contributed by atoms with Crippen LogP contribution in [0.2, 0.25) is 0 Å². The number of rotatable bonds is 6. The van der Waals surface area contributed by atoms with Crippen LogP contribution in [0.4, 0.5) is 5.69 Å². The molecular weight excluding hydrogens is 406 g/mol. The van der Waals surface area contributed by atoms with E-state index in [1.165, 1.54) is 48.7 Å². The molecule has 0 bridgehead atoms. The summed E-state index contributed by atoms with van der Waals surface area (Å²) < 4.78 is 26.3. The molecule has 3 aromatic rings. The fourth-order valence-electron chi connectivity index (χ4n) is 2.39. The van der Waals surface area contributed by atoms with E-state index in [1.807, 2.05) is 0 Å². The third kappa shape index (κ3) is 3.67. The molecule has 148 valence electrons. The number of hydrogen-bond donors (Lipinski definition) is 2. The minimum atomic E-state index is -3.67. The third-order valence-corrected chi connectivity index (χ3v) is 6.50. The van der Waals surface area contributed by atoms with Gasteiger partial charge < -0.3 is 10.4 Å². The summed E-state index contributed by atoms with van der Waals surface area (Å²) in [6, 6.07) is 2.70. The molecule has 10 nitrogen and oxygen atoms in total. The maximum Gasteiger partial charge on any atom is 0.262 e. The molecule has 0 saturated carbocycles. The number of sulfonamides is 1. The van der Waals surface area contributed by atoms with Crippen molar-refractivity contribution in [1.29, 1.82) is 0 Å². The average Bonchev–Trinajstić information content (AvgIpc) is 3.09. The topological polar surface area (TPSA) is 134 Å². The number of aliphatic hydroxyl groups excluding tert-OH is 1. The van der Waals surface area contributed by atoms with E-state index < -0.39 is 21.5 Å². The lowest BCUT2D eigenvalue weighted by Crippen LogP contribution is -2.24. The summed E-state index contributed by atoms with van der Waals surface area (Å²) in [5.74, 6) is -0.545. The van der Waals surface area contributed by atoms with Crippen LogP contribution in [-0.2, 0) is 16.6 Å². The number of pyridine rings is 1. The maximum absolute atomic E-state index is 12.6. The van der Waals surface area contributed by atoms with E-state index >= 15 is 0 Å². The second kappa shape index (κ2) is 7.75. The normalized spacial score (nSPS) is 11.9. The van der Waals surface area contributed by atoms with E-state index in [2.05, 4.69) is 15.3 Å². The minimum Gasteiger partial charge on any atom is -0.395 e. The van der Waals surface area contributed by atoms with Crippen molar-refractivity contribution in [3.8, 4) is 0 Å². The first kappa shape index (κ1) is 20.1. The highest BCUT2D eigenvalue weighted by molar-refractivity contribution is 7.89. The van der Waals surface area contributed by atoms with E-state index in [9.17, 15) is 18.0 Å². The molecular formula is C16H17N5O5S2. The Hall–Kier alpha value is -2.67. The monoisotopic (exact) mass is 423 g/mol. The van der Waals surface area contributed by atoms with E-state index in [0.717, 1.165) is 15.6 Å². The highest BCUT2D eigenvalue weighted by atomic mass is 32.2. The van der Waals surface area contributed by atoms with Gasteiger partial charge in [0.25, 0.3) is 21.5 Å². The smallest absolute Gasteiger partial charge is 0.262 e. The van der Waals surface area contributed by atoms with Gasteiger partial charge in [0.15, 0.2) is 5.03 Å². The van der Waals surface area contributed by atoms with Gasteiger partial charge in [0, 0.05) is 19.5 Å². The van der Waals surface area contributed by atoms with Gasteiger partial charge in [0.05, 0.1) is 42.3 Å². The van der Waals surface area contributed by atoms with E-state index in [4.69, 9.17) is 5.11 Å². The molecule has 0 saturated heterocycles. The van der Waals surface area contributed by atoms with Crippen LogP contribution in [0.15, 0.2) is 39.9 Å². The first-order chi connectivity index (χ1) is 13.3. The van der Waals surface area contributed by atoms with Crippen LogP contribution < -0.4 is 10.9 Å². The molecule has 12 heteroatoms. The Morgan fingerprint density at radius 1 is 1.32 bits per heavy atom. The molecule has 0 spiro atoms. The predicted octanol–water partition coefficient (Wildman–Crippen LogP) is 0.348. The first-order valence-electron chi connectivity index (χ1n) is 8.03. The van der Waals surface area contributed by atoms with Crippen molar-refractivity contribution >= 4 is 43.2 Å². The van der Waals surface area contributed by atoms with Crippen molar-refractivity contribution < 1.29 is 18.3 Å². The van der Waals surface area contributed by atoms with Crippen molar-refractivity contribution in [1.82, 2.24) is 18.8 Å². The number of nitrogens with one attached hydrogen (secondary N) is 1. The van der Waals surface area contributed by atoms with Gasteiger partial charge in [-0.1, -0.05) is 0 Å². The summed E-state index contributed by atoms with van der Waals surface area (Å²) in [5.41, 5.74) is 0.00686. The second-order valence-corrected chi connectivity index (χ2v) is 8.88. The Morgan fingerprint density at radius 3 is 2.68 bits per heavy atom. The number of fused-ring (bicyclic) bond motifs is 1. The van der Waals surface area contributed by atoms with Gasteiger partial charge in [-0.25, -0.2) is 22.7 Å². The van der Waals surface area contributed by atoms with Crippen LogP contribution in [0.25, 0.3) is 10.2 Å². The van der Waals surface area contributed by atoms with Crippen molar-refractivity contribution in [2.45, 2.75) is 11.6 Å². The molecule has 1 amide bonds. The van der Waals surface area contributed by atoms with Gasteiger partial charge in [0.2, 0.25) is 0 Å². The molecule has 3 rings (SSSR count). The summed E-state index contributed by atoms with van der Waals surface area (Å²) in [7, 11) is -0.882. The van der Waals surface area contributed by atoms with Crippen molar-refractivity contribution in [3.63, 3.8) is 0 Å². The zero-order valence-corrected chi connectivity index (χ0v) is 16.6. The van der Waals surface area contributed by atoms with Crippen molar-refractivity contribution in [2.24, 2.45) is 0 Å². The third-order valence-electron chi connectivity index (χ3n) is 3.89. The van der Waals surface area contributed by atoms with Crippen LogP contribution in [0, 0.1) is 0 Å². The largest absolute Gasteiger partial charge is 0.395 e. The lowest BCUT2D eigenvalue weighted by atomic mass is 10.2. The highest BCUT2D eigenvalue weighted by Crippen LogP contribution is 2.22. The Morgan fingerprint density at radius 2 is 2.07 bits per heavy atom. The predicted molar refractivity (Wildman–Crippen MR) is 104 cm³/mol. The molecule has 0 radical (unpaired) electrons. The Kier molecular flexibility index (Phi) is 5.56. The second-order valence-electron chi connectivity index (χ2n) is 5.92. The van der Waals surface area contributed by atoms with Crippen molar-refractivity contribution in [2.75, 3.05) is 26.0 Å². The summed E-state index contributed by atoms with van der Waals surface area (Å²) in [6.45, 7) is -0.156. The molecule has 0 atom stereocenters. The number of aliphatic hydroxyl groups is 1. The number of nitrogens with zero attached hydrogens (tertiary/aromatic N) is 4. The van der Waals surface area contributed by atoms with Crippen LogP contribution >= 0.6 is 11.3 Å². The number of thiophene rings is 1. The maximum atomic E-state index is 12.6. The summed E-state index contributed by atoms with van der Waals surface area (Å²) in [4.78, 5) is 33.6. The fraction of sp³-hybridized carbons (Fsp3) is 0.250. The molecule has 0 unspecified atom stereocenters. The summed E-state index contributed by atoms with van der Waals surface area (Å²) >= 11 is 1.15. The molecule has 0 fully saturated rings. The molecule has 3 heterocycles. The first-order valence-corrected chi connectivity index (χ1v) is 10.3. The van der Waals surface area contributed by atoms with Crippen LogP contribution in [0.1, 0.15) is 10.4 Å². The summed E-state index contributed by atoms with van der Waals surface area (Å²) in [6.07, 6.45) is 2.55. The minimum absolute atomic E-state index is 0.0738. The SMILES string of the molecule is CN(C)S(=O)(=O)c1ccc(NC(=O)c2csc3ncn(CCO)c(=O)c23)cn1. The van der Waals surface area contributed by atoms with Crippen molar-refractivity contribution in [3.05, 3.63) is 46.0 Å². The van der Waals surface area contributed by atoms with Crippen LogP contribution in [0.3, 0.4) is 0 Å². The average molecular weight is 423 g/mol. The zero-order valence-electron chi connectivity index (χ0n) is 15.0.